The Morgan fingerprint density at radius 2 is 1.56 bits per heavy atom. The van der Waals surface area contributed by atoms with Gasteiger partial charge in [0.25, 0.3) is 0 Å². The molecule has 7 aromatic rings. The second-order valence-electron chi connectivity index (χ2n) is 10.9. The Morgan fingerprint density at radius 1 is 0.814 bits per heavy atom. The zero-order valence-electron chi connectivity index (χ0n) is 27.5. The minimum Gasteiger partial charge on any atom is -0.507 e. The first-order valence-corrected chi connectivity index (χ1v) is 14.1. The van der Waals surface area contributed by atoms with Crippen molar-refractivity contribution in [3.63, 3.8) is 0 Å². The van der Waals surface area contributed by atoms with Crippen LogP contribution in [0.2, 0.25) is 0 Å². The monoisotopic (exact) mass is 744 g/mol. The molecule has 0 amide bonds. The van der Waals surface area contributed by atoms with Gasteiger partial charge in [-0.05, 0) is 69.1 Å². The van der Waals surface area contributed by atoms with Crippen LogP contribution in [-0.4, -0.2) is 19.6 Å². The number of nitrogens with zero attached hydrogens (tertiary/aromatic N) is 3. The SMILES string of the molecule is Cc1[c-]c(-c2nccc3c2ccc2c(C(C)C)cccc23)cc(C)c1.[2H]C([2H])([2H])n1c(-c2ccccc2O)nc2ccccc21.[Ir]. The van der Waals surface area contributed by atoms with Crippen LogP contribution in [0.4, 0.5) is 0 Å². The molecular weight excluding hydrogens is 707 g/mol. The fourth-order valence-electron chi connectivity index (χ4n) is 5.66. The van der Waals surface area contributed by atoms with Crippen molar-refractivity contribution in [2.45, 2.75) is 33.6 Å². The Morgan fingerprint density at radius 3 is 2.33 bits per heavy atom. The van der Waals surface area contributed by atoms with Gasteiger partial charge in [0, 0.05) is 37.4 Å². The number of rotatable bonds is 3. The third-order valence-electron chi connectivity index (χ3n) is 7.57. The van der Waals surface area contributed by atoms with E-state index >= 15 is 0 Å². The molecule has 2 heterocycles. The van der Waals surface area contributed by atoms with Gasteiger partial charge in [-0.15, -0.1) is 34.9 Å². The van der Waals surface area contributed by atoms with Gasteiger partial charge in [-0.3, -0.25) is 0 Å². The molecule has 7 rings (SSSR count). The molecule has 2 aromatic heterocycles. The van der Waals surface area contributed by atoms with Crippen LogP contribution in [0, 0.1) is 19.9 Å². The molecule has 0 atom stereocenters. The summed E-state index contributed by atoms with van der Waals surface area (Å²) in [7, 11) is 0. The average Bonchev–Trinajstić information content (AvgIpc) is 3.40. The third-order valence-corrected chi connectivity index (χ3v) is 7.57. The molecule has 0 aliphatic carbocycles. The summed E-state index contributed by atoms with van der Waals surface area (Å²) in [5, 5.41) is 15.0. The molecule has 1 radical (unpaired) electrons. The van der Waals surface area contributed by atoms with E-state index in [-0.39, 0.29) is 31.7 Å². The van der Waals surface area contributed by atoms with Gasteiger partial charge in [-0.25, -0.2) is 4.98 Å². The minimum atomic E-state index is -2.37. The van der Waals surface area contributed by atoms with Gasteiger partial charge in [0.1, 0.15) is 11.6 Å². The number of pyridine rings is 1. The normalized spacial score (nSPS) is 12.3. The summed E-state index contributed by atoms with van der Waals surface area (Å²) in [5.41, 5.74) is 7.39. The first-order valence-electron chi connectivity index (χ1n) is 15.6. The summed E-state index contributed by atoms with van der Waals surface area (Å²) in [5.74, 6) is 0.757. The van der Waals surface area contributed by atoms with Gasteiger partial charge in [-0.1, -0.05) is 82.3 Å². The van der Waals surface area contributed by atoms with Crippen molar-refractivity contribution < 1.29 is 29.3 Å². The number of hydrogen-bond donors (Lipinski definition) is 1. The summed E-state index contributed by atoms with van der Waals surface area (Å²) in [4.78, 5) is 9.05. The Bertz CT molecular complexity index is 2170. The fourth-order valence-corrected chi connectivity index (χ4v) is 5.66. The summed E-state index contributed by atoms with van der Waals surface area (Å²) in [6.45, 7) is 6.35. The molecule has 5 aromatic carbocycles. The number of aromatic hydroxyl groups is 1. The number of fused-ring (bicyclic) bond motifs is 4. The van der Waals surface area contributed by atoms with Gasteiger partial charge in [0.15, 0.2) is 0 Å². The van der Waals surface area contributed by atoms with Gasteiger partial charge < -0.3 is 14.7 Å². The molecule has 43 heavy (non-hydrogen) atoms. The van der Waals surface area contributed by atoms with Gasteiger partial charge in [-0.2, -0.15) is 0 Å². The number of benzene rings is 5. The molecule has 0 aliphatic heterocycles. The first kappa shape index (κ1) is 26.3. The van der Waals surface area contributed by atoms with Crippen molar-refractivity contribution in [1.82, 2.24) is 14.5 Å². The van der Waals surface area contributed by atoms with Crippen molar-refractivity contribution >= 4 is 32.6 Å². The Balaban J connectivity index is 0.000000182. The molecule has 0 aliphatic rings. The van der Waals surface area contributed by atoms with E-state index in [4.69, 9.17) is 9.10 Å². The number of aryl methyl sites for hydroxylation is 3. The van der Waals surface area contributed by atoms with E-state index in [2.05, 4.69) is 87.3 Å². The molecule has 217 valence electrons. The minimum absolute atomic E-state index is 0. The van der Waals surface area contributed by atoms with E-state index in [0.29, 0.717) is 22.5 Å². The molecule has 0 spiro atoms. The second kappa shape index (κ2) is 12.5. The molecule has 0 saturated carbocycles. The molecule has 1 N–H and O–H groups in total. The number of para-hydroxylation sites is 3. The van der Waals surface area contributed by atoms with Crippen LogP contribution in [0.3, 0.4) is 0 Å². The van der Waals surface area contributed by atoms with Crippen LogP contribution >= 0.6 is 0 Å². The van der Waals surface area contributed by atoms with E-state index < -0.39 is 6.98 Å². The maximum atomic E-state index is 9.94. The van der Waals surface area contributed by atoms with E-state index in [1.54, 1.807) is 42.5 Å². The molecule has 0 fully saturated rings. The van der Waals surface area contributed by atoms with E-state index in [9.17, 15) is 5.11 Å². The van der Waals surface area contributed by atoms with E-state index in [1.165, 1.54) is 43.3 Å². The number of phenolic OH excluding ortho intramolecular Hbond substituents is 1. The molecule has 0 saturated heterocycles. The van der Waals surface area contributed by atoms with Crippen molar-refractivity contribution in [3.05, 3.63) is 126 Å². The van der Waals surface area contributed by atoms with Gasteiger partial charge in [0.05, 0.1) is 16.6 Å². The predicted molar refractivity (Wildman–Crippen MR) is 175 cm³/mol. The van der Waals surface area contributed by atoms with E-state index in [0.717, 1.165) is 16.8 Å². The predicted octanol–water partition coefficient (Wildman–Crippen LogP) is 9.54. The fraction of sp³-hybridized carbons (Fsp3) is 0.158. The zero-order chi connectivity index (χ0) is 31.9. The molecular formula is C38H34IrN3O-. The van der Waals surface area contributed by atoms with Crippen molar-refractivity contribution in [1.29, 1.82) is 0 Å². The Labute approximate surface area is 270 Å². The Kier molecular flexibility index (Phi) is 7.66. The zero-order valence-corrected chi connectivity index (χ0v) is 26.9. The molecule has 0 bridgehead atoms. The quantitative estimate of drug-likeness (QED) is 0.145. The van der Waals surface area contributed by atoms with Crippen molar-refractivity contribution in [3.8, 4) is 28.4 Å². The molecule has 4 nitrogen and oxygen atoms in total. The van der Waals surface area contributed by atoms with Crippen molar-refractivity contribution in [2.24, 2.45) is 6.98 Å². The first-order chi connectivity index (χ1) is 21.5. The standard InChI is InChI=1S/C24H22N.C14H12N2O.Ir/c1-15(2)19-6-5-7-20-21(19)8-9-23-22(20)10-11-25-24(23)18-13-16(3)12-17(4)14-18;1-16-12-8-4-3-7-11(12)15-14(16)10-6-2-5-9-13(10)17;/h5-13,15H,1-4H3;2-9,17H,1H3;/q-1;;/i;1D3;. The smallest absolute Gasteiger partial charge is 0.144 e. The summed E-state index contributed by atoms with van der Waals surface area (Å²) in [6, 6.07) is 34.6. The summed E-state index contributed by atoms with van der Waals surface area (Å²) >= 11 is 0. The van der Waals surface area contributed by atoms with Crippen LogP contribution in [0.25, 0.3) is 55.2 Å². The van der Waals surface area contributed by atoms with E-state index in [1.807, 2.05) is 6.20 Å². The van der Waals surface area contributed by atoms with Gasteiger partial charge in [0.2, 0.25) is 0 Å². The number of aromatic nitrogens is 3. The maximum Gasteiger partial charge on any atom is 0.144 e. The number of imidazole rings is 1. The summed E-state index contributed by atoms with van der Waals surface area (Å²) in [6.07, 6.45) is 1.92. The second-order valence-corrected chi connectivity index (χ2v) is 10.9. The maximum absolute atomic E-state index is 9.94. The Hall–Kier alpha value is -4.31. The largest absolute Gasteiger partial charge is 0.507 e. The third kappa shape index (κ3) is 5.84. The summed E-state index contributed by atoms with van der Waals surface area (Å²) < 4.78 is 24.3. The average molecular weight is 744 g/mol. The van der Waals surface area contributed by atoms with Crippen molar-refractivity contribution in [2.75, 3.05) is 0 Å². The van der Waals surface area contributed by atoms with Gasteiger partial charge >= 0.3 is 0 Å². The molecule has 0 unspecified atom stereocenters. The number of phenols is 1. The van der Waals surface area contributed by atoms with Crippen LogP contribution in [0.1, 0.15) is 40.6 Å². The molecule has 5 heteroatoms. The van der Waals surface area contributed by atoms with Crippen LogP contribution in [0.15, 0.2) is 103 Å². The van der Waals surface area contributed by atoms with Crippen LogP contribution in [0.5, 0.6) is 5.75 Å². The topological polar surface area (TPSA) is 50.9 Å². The van der Waals surface area contributed by atoms with Crippen LogP contribution < -0.4 is 0 Å². The number of hydrogen-bond acceptors (Lipinski definition) is 3. The van der Waals surface area contributed by atoms with Crippen LogP contribution in [-0.2, 0) is 27.1 Å².